The van der Waals surface area contributed by atoms with Gasteiger partial charge < -0.3 is 9.64 Å². The minimum absolute atomic E-state index is 0.489. The number of hydrogen-bond acceptors (Lipinski definition) is 5. The Balaban J connectivity index is 1.89. The summed E-state index contributed by atoms with van der Waals surface area (Å²) in [5.74, 6) is 0.803. The second-order valence-electron chi connectivity index (χ2n) is 5.12. The molecule has 2 rings (SSSR count). The topological polar surface area (TPSA) is 41.5 Å². The Kier molecular flexibility index (Phi) is 5.10. The average Bonchev–Trinajstić information content (AvgIpc) is 2.48. The third-order valence-electron chi connectivity index (χ3n) is 3.65. The summed E-state index contributed by atoms with van der Waals surface area (Å²) in [5, 5.41) is 0. The van der Waals surface area contributed by atoms with Gasteiger partial charge in [-0.25, -0.2) is 9.97 Å². The molecule has 0 aromatic carbocycles. The number of aromatic nitrogens is 2. The SMILES string of the molecule is CCc1cnc(N(C)C[C@H](C)N2CCOCC2)nc1. The van der Waals surface area contributed by atoms with E-state index in [1.807, 2.05) is 12.4 Å². The molecule has 1 aromatic heterocycles. The smallest absolute Gasteiger partial charge is 0.225 e. The van der Waals surface area contributed by atoms with E-state index in [4.69, 9.17) is 4.74 Å². The Morgan fingerprint density at radius 1 is 1.32 bits per heavy atom. The molecule has 2 heterocycles. The summed E-state index contributed by atoms with van der Waals surface area (Å²) in [7, 11) is 2.05. The summed E-state index contributed by atoms with van der Waals surface area (Å²) in [6.45, 7) is 9.02. The molecule has 5 heteroatoms. The number of aryl methyl sites for hydroxylation is 1. The molecule has 19 heavy (non-hydrogen) atoms. The Morgan fingerprint density at radius 3 is 2.53 bits per heavy atom. The van der Waals surface area contributed by atoms with E-state index < -0.39 is 0 Å². The van der Waals surface area contributed by atoms with Crippen molar-refractivity contribution in [2.75, 3.05) is 44.8 Å². The molecule has 1 aliphatic heterocycles. The van der Waals surface area contributed by atoms with Crippen molar-refractivity contribution >= 4 is 5.95 Å². The van der Waals surface area contributed by atoms with Crippen molar-refractivity contribution in [2.45, 2.75) is 26.3 Å². The zero-order chi connectivity index (χ0) is 13.7. The van der Waals surface area contributed by atoms with Crippen LogP contribution < -0.4 is 4.90 Å². The molecule has 1 aromatic rings. The lowest BCUT2D eigenvalue weighted by molar-refractivity contribution is 0.0217. The second-order valence-corrected chi connectivity index (χ2v) is 5.12. The van der Waals surface area contributed by atoms with Crippen molar-refractivity contribution in [3.8, 4) is 0 Å². The average molecular weight is 264 g/mol. The zero-order valence-corrected chi connectivity index (χ0v) is 12.2. The Bertz CT molecular complexity index is 376. The maximum atomic E-state index is 5.39. The zero-order valence-electron chi connectivity index (χ0n) is 12.2. The molecule has 0 N–H and O–H groups in total. The highest BCUT2D eigenvalue weighted by Gasteiger charge is 2.19. The molecule has 0 amide bonds. The molecular weight excluding hydrogens is 240 g/mol. The van der Waals surface area contributed by atoms with E-state index in [2.05, 4.69) is 40.7 Å². The first-order valence-electron chi connectivity index (χ1n) is 7.04. The van der Waals surface area contributed by atoms with Crippen molar-refractivity contribution in [3.05, 3.63) is 18.0 Å². The third kappa shape index (κ3) is 3.88. The minimum Gasteiger partial charge on any atom is -0.379 e. The van der Waals surface area contributed by atoms with Crippen molar-refractivity contribution in [1.29, 1.82) is 0 Å². The van der Waals surface area contributed by atoms with Crippen molar-refractivity contribution in [2.24, 2.45) is 0 Å². The van der Waals surface area contributed by atoms with Gasteiger partial charge in [0.1, 0.15) is 0 Å². The molecule has 1 atom stereocenters. The fraction of sp³-hybridized carbons (Fsp3) is 0.714. The van der Waals surface area contributed by atoms with Crippen LogP contribution in [0.15, 0.2) is 12.4 Å². The Morgan fingerprint density at radius 2 is 1.95 bits per heavy atom. The van der Waals surface area contributed by atoms with Crippen LogP contribution in [0.4, 0.5) is 5.95 Å². The van der Waals surface area contributed by atoms with Crippen LogP contribution >= 0.6 is 0 Å². The first kappa shape index (κ1) is 14.2. The van der Waals surface area contributed by atoms with E-state index in [-0.39, 0.29) is 0 Å². The highest BCUT2D eigenvalue weighted by molar-refractivity contribution is 5.28. The van der Waals surface area contributed by atoms with Gasteiger partial charge in [-0.05, 0) is 18.9 Å². The molecule has 5 nitrogen and oxygen atoms in total. The quantitative estimate of drug-likeness (QED) is 0.799. The lowest BCUT2D eigenvalue weighted by Gasteiger charge is -2.34. The van der Waals surface area contributed by atoms with Crippen LogP contribution in [0.2, 0.25) is 0 Å². The van der Waals surface area contributed by atoms with Gasteiger partial charge in [0.15, 0.2) is 0 Å². The van der Waals surface area contributed by atoms with Gasteiger partial charge in [0.05, 0.1) is 13.2 Å². The summed E-state index contributed by atoms with van der Waals surface area (Å²) < 4.78 is 5.39. The molecule has 1 aliphatic rings. The number of anilines is 1. The third-order valence-corrected chi connectivity index (χ3v) is 3.65. The van der Waals surface area contributed by atoms with E-state index in [1.165, 1.54) is 5.56 Å². The van der Waals surface area contributed by atoms with E-state index in [0.717, 1.165) is 45.2 Å². The summed E-state index contributed by atoms with van der Waals surface area (Å²) in [6.07, 6.45) is 4.81. The highest BCUT2D eigenvalue weighted by Crippen LogP contribution is 2.10. The summed E-state index contributed by atoms with van der Waals surface area (Å²) in [5.41, 5.74) is 1.18. The molecule has 0 unspecified atom stereocenters. The summed E-state index contributed by atoms with van der Waals surface area (Å²) in [6, 6.07) is 0.489. The lowest BCUT2D eigenvalue weighted by atomic mass is 10.2. The molecule has 0 spiro atoms. The second kappa shape index (κ2) is 6.82. The molecule has 0 bridgehead atoms. The van der Waals surface area contributed by atoms with Gasteiger partial charge in [0.25, 0.3) is 0 Å². The lowest BCUT2D eigenvalue weighted by Crippen LogP contribution is -2.47. The van der Waals surface area contributed by atoms with Gasteiger partial charge in [-0.3, -0.25) is 4.90 Å². The standard InChI is InChI=1S/C14H24N4O/c1-4-13-9-15-14(16-10-13)17(3)11-12(2)18-5-7-19-8-6-18/h9-10,12H,4-8,11H2,1-3H3/t12-/m0/s1. The van der Waals surface area contributed by atoms with E-state index in [0.29, 0.717) is 6.04 Å². The molecule has 1 saturated heterocycles. The number of hydrogen-bond donors (Lipinski definition) is 0. The van der Waals surface area contributed by atoms with Crippen molar-refractivity contribution < 1.29 is 4.74 Å². The van der Waals surface area contributed by atoms with Crippen LogP contribution in [0.5, 0.6) is 0 Å². The summed E-state index contributed by atoms with van der Waals surface area (Å²) in [4.78, 5) is 13.4. The predicted octanol–water partition coefficient (Wildman–Crippen LogP) is 1.20. The molecule has 106 valence electrons. The molecular formula is C14H24N4O. The van der Waals surface area contributed by atoms with Crippen LogP contribution in [0.25, 0.3) is 0 Å². The number of nitrogens with zero attached hydrogens (tertiary/aromatic N) is 4. The Labute approximate surface area is 115 Å². The highest BCUT2D eigenvalue weighted by atomic mass is 16.5. The van der Waals surface area contributed by atoms with Gasteiger partial charge in [-0.15, -0.1) is 0 Å². The minimum atomic E-state index is 0.489. The van der Waals surface area contributed by atoms with Crippen molar-refractivity contribution in [3.63, 3.8) is 0 Å². The maximum Gasteiger partial charge on any atom is 0.225 e. The normalized spacial score (nSPS) is 18.3. The van der Waals surface area contributed by atoms with E-state index in [9.17, 15) is 0 Å². The van der Waals surface area contributed by atoms with Crippen molar-refractivity contribution in [1.82, 2.24) is 14.9 Å². The Hall–Kier alpha value is -1.20. The van der Waals surface area contributed by atoms with Gasteiger partial charge in [-0.1, -0.05) is 6.92 Å². The monoisotopic (exact) mass is 264 g/mol. The molecule has 0 aliphatic carbocycles. The first-order valence-corrected chi connectivity index (χ1v) is 7.04. The number of rotatable bonds is 5. The van der Waals surface area contributed by atoms with Crippen LogP contribution in [0.1, 0.15) is 19.4 Å². The predicted molar refractivity (Wildman–Crippen MR) is 76.5 cm³/mol. The van der Waals surface area contributed by atoms with Crippen LogP contribution in [0.3, 0.4) is 0 Å². The fourth-order valence-electron chi connectivity index (χ4n) is 2.34. The maximum absolute atomic E-state index is 5.39. The number of ether oxygens (including phenoxy) is 1. The van der Waals surface area contributed by atoms with Gasteiger partial charge in [0, 0.05) is 45.1 Å². The van der Waals surface area contributed by atoms with Gasteiger partial charge in [-0.2, -0.15) is 0 Å². The molecule has 0 saturated carbocycles. The van der Waals surface area contributed by atoms with Gasteiger partial charge in [0.2, 0.25) is 5.95 Å². The van der Waals surface area contributed by atoms with Crippen LogP contribution in [-0.4, -0.2) is 60.8 Å². The fourth-order valence-corrected chi connectivity index (χ4v) is 2.34. The first-order chi connectivity index (χ1) is 9.20. The van der Waals surface area contributed by atoms with E-state index >= 15 is 0 Å². The summed E-state index contributed by atoms with van der Waals surface area (Å²) >= 11 is 0. The molecule has 1 fully saturated rings. The number of morpholine rings is 1. The van der Waals surface area contributed by atoms with E-state index in [1.54, 1.807) is 0 Å². The van der Waals surface area contributed by atoms with Gasteiger partial charge >= 0.3 is 0 Å². The number of likely N-dealkylation sites (N-methyl/N-ethyl adjacent to an activating group) is 1. The van der Waals surface area contributed by atoms with Crippen LogP contribution in [0, 0.1) is 0 Å². The van der Waals surface area contributed by atoms with Crippen LogP contribution in [-0.2, 0) is 11.2 Å². The molecule has 0 radical (unpaired) electrons. The largest absolute Gasteiger partial charge is 0.379 e.